The maximum absolute atomic E-state index is 12.1. The van der Waals surface area contributed by atoms with Gasteiger partial charge in [-0.3, -0.25) is 4.79 Å². The molecule has 0 aliphatic carbocycles. The first-order chi connectivity index (χ1) is 10.7. The van der Waals surface area contributed by atoms with Gasteiger partial charge < -0.3 is 15.4 Å². The van der Waals surface area contributed by atoms with Crippen molar-refractivity contribution < 1.29 is 14.3 Å². The normalized spacial score (nSPS) is 17.7. The first-order valence-corrected chi connectivity index (χ1v) is 7.92. The molecule has 0 spiro atoms. The van der Waals surface area contributed by atoms with Crippen LogP contribution >= 0.6 is 11.6 Å². The van der Waals surface area contributed by atoms with Gasteiger partial charge in [0.25, 0.3) is 0 Å². The van der Waals surface area contributed by atoms with E-state index in [4.69, 9.17) is 22.1 Å². The summed E-state index contributed by atoms with van der Waals surface area (Å²) in [6.45, 7) is 6.21. The van der Waals surface area contributed by atoms with Gasteiger partial charge in [0, 0.05) is 24.8 Å². The number of nitrogens with two attached hydrogens (primary N) is 1. The van der Waals surface area contributed by atoms with Crippen LogP contribution in [0.1, 0.15) is 39.2 Å². The number of aromatic nitrogens is 1. The fourth-order valence-electron chi connectivity index (χ4n) is 2.79. The number of pyridine rings is 1. The number of primary amides is 1. The highest BCUT2D eigenvalue weighted by atomic mass is 35.5. The van der Waals surface area contributed by atoms with Crippen LogP contribution < -0.4 is 5.73 Å². The number of amides is 2. The van der Waals surface area contributed by atoms with Gasteiger partial charge in [-0.15, -0.1) is 0 Å². The fraction of sp³-hybridized carbons (Fsp3) is 0.562. The number of piperidine rings is 1. The third-order valence-corrected chi connectivity index (χ3v) is 4.32. The molecule has 0 unspecified atom stereocenters. The lowest BCUT2D eigenvalue weighted by molar-refractivity contribution is -0.125. The Balaban J connectivity index is 2.18. The number of carbonyl (C=O) groups is 2. The van der Waals surface area contributed by atoms with Crippen LogP contribution in [-0.4, -0.2) is 40.6 Å². The van der Waals surface area contributed by atoms with E-state index in [0.29, 0.717) is 31.5 Å². The minimum atomic E-state index is -0.899. The summed E-state index contributed by atoms with van der Waals surface area (Å²) >= 11 is 6.15. The van der Waals surface area contributed by atoms with Gasteiger partial charge in [-0.05, 0) is 39.7 Å². The summed E-state index contributed by atoms with van der Waals surface area (Å²) in [5.41, 5.74) is 4.84. The van der Waals surface area contributed by atoms with Crippen LogP contribution in [0.25, 0.3) is 0 Å². The van der Waals surface area contributed by atoms with Crippen molar-refractivity contribution in [2.75, 3.05) is 13.1 Å². The van der Waals surface area contributed by atoms with E-state index >= 15 is 0 Å². The second-order valence-electron chi connectivity index (χ2n) is 6.76. The van der Waals surface area contributed by atoms with Crippen molar-refractivity contribution in [1.29, 1.82) is 0 Å². The molecule has 1 aliphatic rings. The molecule has 126 valence electrons. The fourth-order valence-corrected chi connectivity index (χ4v) is 3.09. The minimum Gasteiger partial charge on any atom is -0.444 e. The van der Waals surface area contributed by atoms with Gasteiger partial charge in [-0.1, -0.05) is 17.7 Å². The Kier molecular flexibility index (Phi) is 4.84. The van der Waals surface area contributed by atoms with Gasteiger partial charge in [0.05, 0.1) is 5.41 Å². The van der Waals surface area contributed by atoms with Crippen LogP contribution in [0.4, 0.5) is 4.79 Å². The number of hydrogen-bond donors (Lipinski definition) is 1. The van der Waals surface area contributed by atoms with E-state index in [0.717, 1.165) is 0 Å². The van der Waals surface area contributed by atoms with Crippen LogP contribution in [0, 0.1) is 0 Å². The summed E-state index contributed by atoms with van der Waals surface area (Å²) in [6.07, 6.45) is 1.98. The zero-order valence-electron chi connectivity index (χ0n) is 13.6. The first kappa shape index (κ1) is 17.5. The van der Waals surface area contributed by atoms with Gasteiger partial charge in [0.2, 0.25) is 5.91 Å². The Labute approximate surface area is 140 Å². The van der Waals surface area contributed by atoms with Crippen molar-refractivity contribution in [3.05, 3.63) is 29.0 Å². The summed E-state index contributed by atoms with van der Waals surface area (Å²) in [6, 6.07) is 3.50. The maximum atomic E-state index is 12.1. The van der Waals surface area contributed by atoms with Gasteiger partial charge >= 0.3 is 6.09 Å². The lowest BCUT2D eigenvalue weighted by Gasteiger charge is -2.40. The second kappa shape index (κ2) is 6.35. The predicted molar refractivity (Wildman–Crippen MR) is 87.2 cm³/mol. The van der Waals surface area contributed by atoms with Crippen molar-refractivity contribution in [2.24, 2.45) is 5.73 Å². The Hall–Kier alpha value is -1.82. The minimum absolute atomic E-state index is 0.275. The van der Waals surface area contributed by atoms with Crippen molar-refractivity contribution >= 4 is 23.6 Å². The topological polar surface area (TPSA) is 85.5 Å². The van der Waals surface area contributed by atoms with E-state index < -0.39 is 16.9 Å². The molecule has 2 N–H and O–H groups in total. The molecule has 2 heterocycles. The van der Waals surface area contributed by atoms with Gasteiger partial charge in [0.15, 0.2) is 0 Å². The smallest absolute Gasteiger partial charge is 0.410 e. The number of likely N-dealkylation sites (tertiary alicyclic amines) is 1. The third-order valence-electron chi connectivity index (χ3n) is 4.02. The molecular weight excluding hydrogens is 318 g/mol. The Morgan fingerprint density at radius 2 is 1.96 bits per heavy atom. The van der Waals surface area contributed by atoms with E-state index in [-0.39, 0.29) is 11.2 Å². The molecule has 2 amide bonds. The van der Waals surface area contributed by atoms with Gasteiger partial charge in [-0.25, -0.2) is 9.78 Å². The summed E-state index contributed by atoms with van der Waals surface area (Å²) in [7, 11) is 0. The van der Waals surface area contributed by atoms with Crippen molar-refractivity contribution in [1.82, 2.24) is 9.88 Å². The molecule has 0 atom stereocenters. The van der Waals surface area contributed by atoms with E-state index in [9.17, 15) is 9.59 Å². The number of nitrogens with zero attached hydrogens (tertiary/aromatic N) is 2. The molecule has 1 aliphatic heterocycles. The van der Waals surface area contributed by atoms with Crippen molar-refractivity contribution in [2.45, 2.75) is 44.6 Å². The Bertz CT molecular complexity index is 605. The van der Waals surface area contributed by atoms with Gasteiger partial charge in [0.1, 0.15) is 10.8 Å². The number of rotatable bonds is 2. The lowest BCUT2D eigenvalue weighted by atomic mass is 9.72. The highest BCUT2D eigenvalue weighted by molar-refractivity contribution is 6.30. The van der Waals surface area contributed by atoms with Crippen LogP contribution in [0.3, 0.4) is 0 Å². The molecule has 0 aromatic carbocycles. The maximum Gasteiger partial charge on any atom is 0.410 e. The Morgan fingerprint density at radius 3 is 2.43 bits per heavy atom. The van der Waals surface area contributed by atoms with E-state index in [1.807, 2.05) is 20.8 Å². The zero-order valence-corrected chi connectivity index (χ0v) is 14.4. The van der Waals surface area contributed by atoms with E-state index in [2.05, 4.69) is 4.98 Å². The third kappa shape index (κ3) is 3.75. The second-order valence-corrected chi connectivity index (χ2v) is 7.11. The van der Waals surface area contributed by atoms with Gasteiger partial charge in [-0.2, -0.15) is 0 Å². The highest BCUT2D eigenvalue weighted by Gasteiger charge is 2.44. The van der Waals surface area contributed by atoms with Crippen LogP contribution in [0.2, 0.25) is 5.15 Å². The number of carbonyl (C=O) groups excluding carboxylic acids is 2. The molecule has 1 saturated heterocycles. The van der Waals surface area contributed by atoms with Crippen LogP contribution in [0.5, 0.6) is 0 Å². The molecule has 7 heteroatoms. The molecule has 0 saturated carbocycles. The molecule has 6 nitrogen and oxygen atoms in total. The average Bonchev–Trinajstić information content (AvgIpc) is 2.46. The van der Waals surface area contributed by atoms with E-state index in [1.54, 1.807) is 23.2 Å². The standard InChI is InChI=1S/C16H22ClN3O3/c1-15(2,3)23-14(22)20-9-6-16(7-10-20,13(18)21)11-5-4-8-19-12(11)17/h4-5,8H,6-7,9-10H2,1-3H3,(H2,18,21). The molecule has 2 rings (SSSR count). The summed E-state index contributed by atoms with van der Waals surface area (Å²) in [5, 5.41) is 0.275. The zero-order chi connectivity index (χ0) is 17.3. The van der Waals surface area contributed by atoms with Crippen LogP contribution in [-0.2, 0) is 14.9 Å². The monoisotopic (exact) mass is 339 g/mol. The average molecular weight is 340 g/mol. The largest absolute Gasteiger partial charge is 0.444 e. The Morgan fingerprint density at radius 1 is 1.35 bits per heavy atom. The molecule has 0 radical (unpaired) electrons. The number of halogens is 1. The van der Waals surface area contributed by atoms with Crippen molar-refractivity contribution in [3.63, 3.8) is 0 Å². The quantitative estimate of drug-likeness (QED) is 0.839. The molecule has 23 heavy (non-hydrogen) atoms. The van der Waals surface area contributed by atoms with Crippen LogP contribution in [0.15, 0.2) is 18.3 Å². The SMILES string of the molecule is CC(C)(C)OC(=O)N1CCC(C(N)=O)(c2cccnc2Cl)CC1. The highest BCUT2D eigenvalue weighted by Crippen LogP contribution is 2.38. The molecular formula is C16H22ClN3O3. The molecule has 0 bridgehead atoms. The van der Waals surface area contributed by atoms with E-state index in [1.165, 1.54) is 0 Å². The summed E-state index contributed by atoms with van der Waals surface area (Å²) in [5.74, 6) is -0.448. The number of ether oxygens (including phenoxy) is 1. The van der Waals surface area contributed by atoms with Crippen molar-refractivity contribution in [3.8, 4) is 0 Å². The first-order valence-electron chi connectivity index (χ1n) is 7.54. The molecule has 1 aromatic rings. The lowest BCUT2D eigenvalue weighted by Crippen LogP contribution is -2.52. The molecule has 1 aromatic heterocycles. The molecule has 1 fully saturated rings. The summed E-state index contributed by atoms with van der Waals surface area (Å²) in [4.78, 5) is 29.9. The number of hydrogen-bond acceptors (Lipinski definition) is 4. The predicted octanol–water partition coefficient (Wildman–Crippen LogP) is 2.49. The summed E-state index contributed by atoms with van der Waals surface area (Å²) < 4.78 is 5.37.